The Morgan fingerprint density at radius 2 is 2.12 bits per heavy atom. The number of benzene rings is 1. The predicted molar refractivity (Wildman–Crippen MR) is 64.3 cm³/mol. The van der Waals surface area contributed by atoms with E-state index in [-0.39, 0.29) is 5.91 Å². The van der Waals surface area contributed by atoms with Crippen LogP contribution in [0, 0.1) is 0 Å². The Balaban J connectivity index is 2.14. The summed E-state index contributed by atoms with van der Waals surface area (Å²) in [6.45, 7) is 1.83. The Kier molecular flexibility index (Phi) is 3.26. The summed E-state index contributed by atoms with van der Waals surface area (Å²) in [5.41, 5.74) is 1.87. The molecule has 0 fully saturated rings. The molecule has 0 saturated heterocycles. The molecule has 0 bridgehead atoms. The summed E-state index contributed by atoms with van der Waals surface area (Å²) in [4.78, 5) is 12.2. The van der Waals surface area contributed by atoms with Gasteiger partial charge in [-0.3, -0.25) is 4.79 Å². The lowest BCUT2D eigenvalue weighted by atomic mass is 10.2. The second-order valence-corrected chi connectivity index (χ2v) is 4.05. The lowest BCUT2D eigenvalue weighted by Crippen LogP contribution is -2.08. The van der Waals surface area contributed by atoms with Gasteiger partial charge in [0.05, 0.1) is 11.1 Å². The molecule has 1 aromatic carbocycles. The SMILES string of the molecule is CCC(=O)Nc1ccc(-c2cnns2)cc1. The van der Waals surface area contributed by atoms with Crippen LogP contribution in [0.25, 0.3) is 10.4 Å². The van der Waals surface area contributed by atoms with Gasteiger partial charge in [-0.05, 0) is 29.2 Å². The van der Waals surface area contributed by atoms with E-state index < -0.39 is 0 Å². The highest BCUT2D eigenvalue weighted by Gasteiger charge is 2.02. The molecule has 0 saturated carbocycles. The van der Waals surface area contributed by atoms with Crippen molar-refractivity contribution in [2.24, 2.45) is 0 Å². The molecule has 1 N–H and O–H groups in total. The number of rotatable bonds is 3. The van der Waals surface area contributed by atoms with Crippen LogP contribution < -0.4 is 5.32 Å². The Morgan fingerprint density at radius 3 is 2.69 bits per heavy atom. The Bertz CT molecular complexity index is 464. The molecule has 0 atom stereocenters. The predicted octanol–water partition coefficient (Wildman–Crippen LogP) is 2.55. The number of carbonyl (C=O) groups is 1. The van der Waals surface area contributed by atoms with E-state index in [0.717, 1.165) is 16.1 Å². The van der Waals surface area contributed by atoms with Crippen LogP contribution in [0.3, 0.4) is 0 Å². The van der Waals surface area contributed by atoms with E-state index in [9.17, 15) is 4.79 Å². The first-order valence-corrected chi connectivity index (χ1v) is 5.74. The van der Waals surface area contributed by atoms with E-state index in [4.69, 9.17) is 0 Å². The number of nitrogens with one attached hydrogen (secondary N) is 1. The lowest BCUT2D eigenvalue weighted by Gasteiger charge is -2.03. The second kappa shape index (κ2) is 4.85. The van der Waals surface area contributed by atoms with Gasteiger partial charge in [-0.25, -0.2) is 0 Å². The van der Waals surface area contributed by atoms with Gasteiger partial charge in [-0.1, -0.05) is 23.5 Å². The standard InChI is InChI=1S/C11H11N3OS/c1-2-11(15)13-9-5-3-8(4-6-9)10-7-12-14-16-10/h3-7H,2H2,1H3,(H,13,15). The maximum atomic E-state index is 11.2. The molecule has 0 aliphatic carbocycles. The van der Waals surface area contributed by atoms with Crippen LogP contribution in [0.15, 0.2) is 30.5 Å². The van der Waals surface area contributed by atoms with Gasteiger partial charge in [-0.15, -0.1) is 5.10 Å². The van der Waals surface area contributed by atoms with Crippen molar-refractivity contribution in [2.75, 3.05) is 5.32 Å². The van der Waals surface area contributed by atoms with Gasteiger partial charge in [0.15, 0.2) is 0 Å². The first-order chi connectivity index (χ1) is 7.79. The summed E-state index contributed by atoms with van der Waals surface area (Å²) in [5, 5.41) is 6.58. The quantitative estimate of drug-likeness (QED) is 0.886. The van der Waals surface area contributed by atoms with Crippen LogP contribution in [0.1, 0.15) is 13.3 Å². The number of hydrogen-bond donors (Lipinski definition) is 1. The van der Waals surface area contributed by atoms with Gasteiger partial charge in [0.2, 0.25) is 5.91 Å². The van der Waals surface area contributed by atoms with E-state index in [1.807, 2.05) is 31.2 Å². The minimum atomic E-state index is 0.0206. The van der Waals surface area contributed by atoms with Gasteiger partial charge < -0.3 is 5.32 Å². The van der Waals surface area contributed by atoms with E-state index in [1.54, 1.807) is 6.20 Å². The number of anilines is 1. The van der Waals surface area contributed by atoms with Gasteiger partial charge in [0.1, 0.15) is 0 Å². The monoisotopic (exact) mass is 233 g/mol. The van der Waals surface area contributed by atoms with Crippen molar-refractivity contribution in [3.63, 3.8) is 0 Å². The van der Waals surface area contributed by atoms with E-state index in [2.05, 4.69) is 14.9 Å². The van der Waals surface area contributed by atoms with Crippen molar-refractivity contribution in [3.8, 4) is 10.4 Å². The topological polar surface area (TPSA) is 54.9 Å². The maximum Gasteiger partial charge on any atom is 0.224 e. The molecule has 2 rings (SSSR count). The summed E-state index contributed by atoms with van der Waals surface area (Å²) in [5.74, 6) is 0.0206. The molecule has 16 heavy (non-hydrogen) atoms. The van der Waals surface area contributed by atoms with Gasteiger partial charge in [0.25, 0.3) is 0 Å². The first kappa shape index (κ1) is 10.8. The molecular formula is C11H11N3OS. The smallest absolute Gasteiger partial charge is 0.224 e. The average molecular weight is 233 g/mol. The summed E-state index contributed by atoms with van der Waals surface area (Å²) in [6, 6.07) is 7.64. The molecule has 5 heteroatoms. The Labute approximate surface area is 97.5 Å². The minimum Gasteiger partial charge on any atom is -0.326 e. The third-order valence-electron chi connectivity index (χ3n) is 2.14. The molecule has 0 unspecified atom stereocenters. The van der Waals surface area contributed by atoms with Crippen LogP contribution in [0.5, 0.6) is 0 Å². The van der Waals surface area contributed by atoms with Crippen LogP contribution in [-0.2, 0) is 4.79 Å². The van der Waals surface area contributed by atoms with Crippen LogP contribution in [-0.4, -0.2) is 15.5 Å². The molecule has 2 aromatic rings. The summed E-state index contributed by atoms with van der Waals surface area (Å²) < 4.78 is 3.80. The van der Waals surface area contributed by atoms with Crippen molar-refractivity contribution in [1.82, 2.24) is 9.59 Å². The third-order valence-corrected chi connectivity index (χ3v) is 2.85. The molecule has 1 aromatic heterocycles. The summed E-state index contributed by atoms with van der Waals surface area (Å²) in [7, 11) is 0. The van der Waals surface area contributed by atoms with Crippen LogP contribution >= 0.6 is 11.5 Å². The second-order valence-electron chi connectivity index (χ2n) is 3.26. The summed E-state index contributed by atoms with van der Waals surface area (Å²) >= 11 is 1.35. The Morgan fingerprint density at radius 1 is 1.38 bits per heavy atom. The van der Waals surface area contributed by atoms with Gasteiger partial charge in [0, 0.05) is 12.1 Å². The maximum absolute atomic E-state index is 11.2. The number of carbonyl (C=O) groups excluding carboxylic acids is 1. The van der Waals surface area contributed by atoms with Gasteiger partial charge in [-0.2, -0.15) is 0 Å². The summed E-state index contributed by atoms with van der Waals surface area (Å²) in [6.07, 6.45) is 2.21. The first-order valence-electron chi connectivity index (χ1n) is 4.97. The molecule has 4 nitrogen and oxygen atoms in total. The third kappa shape index (κ3) is 2.43. The largest absolute Gasteiger partial charge is 0.326 e. The highest BCUT2D eigenvalue weighted by atomic mass is 32.1. The molecule has 1 amide bonds. The van der Waals surface area contributed by atoms with E-state index in [1.165, 1.54) is 11.5 Å². The normalized spacial score (nSPS) is 10.1. The fourth-order valence-corrected chi connectivity index (χ4v) is 1.78. The number of hydrogen-bond acceptors (Lipinski definition) is 4. The number of amides is 1. The molecule has 0 aliphatic rings. The van der Waals surface area contributed by atoms with Gasteiger partial charge >= 0.3 is 0 Å². The molecule has 0 aliphatic heterocycles. The molecular weight excluding hydrogens is 222 g/mol. The average Bonchev–Trinajstić information content (AvgIpc) is 2.83. The molecule has 0 radical (unpaired) electrons. The number of nitrogens with zero attached hydrogens (tertiary/aromatic N) is 2. The zero-order valence-corrected chi connectivity index (χ0v) is 9.62. The fraction of sp³-hybridized carbons (Fsp3) is 0.182. The molecule has 1 heterocycles. The lowest BCUT2D eigenvalue weighted by molar-refractivity contribution is -0.115. The van der Waals surface area contributed by atoms with Crippen LogP contribution in [0.4, 0.5) is 5.69 Å². The zero-order valence-electron chi connectivity index (χ0n) is 8.80. The highest BCUT2D eigenvalue weighted by Crippen LogP contribution is 2.23. The molecule has 82 valence electrons. The van der Waals surface area contributed by atoms with Crippen molar-refractivity contribution in [2.45, 2.75) is 13.3 Å². The van der Waals surface area contributed by atoms with Crippen molar-refractivity contribution in [1.29, 1.82) is 0 Å². The van der Waals surface area contributed by atoms with Crippen molar-refractivity contribution >= 4 is 23.1 Å². The van der Waals surface area contributed by atoms with E-state index >= 15 is 0 Å². The fourth-order valence-electron chi connectivity index (χ4n) is 1.26. The van der Waals surface area contributed by atoms with Crippen molar-refractivity contribution in [3.05, 3.63) is 30.5 Å². The number of aromatic nitrogens is 2. The van der Waals surface area contributed by atoms with Crippen LogP contribution in [0.2, 0.25) is 0 Å². The molecule has 0 spiro atoms. The minimum absolute atomic E-state index is 0.0206. The highest BCUT2D eigenvalue weighted by molar-refractivity contribution is 7.09. The Hall–Kier alpha value is -1.75. The van der Waals surface area contributed by atoms with E-state index in [0.29, 0.717) is 6.42 Å². The zero-order chi connectivity index (χ0) is 11.4. The van der Waals surface area contributed by atoms with Crippen molar-refractivity contribution < 1.29 is 4.79 Å².